The molecule has 1 fully saturated rings. The highest BCUT2D eigenvalue weighted by atomic mass is 32.1. The smallest absolute Gasteiger partial charge is 0.227 e. The minimum atomic E-state index is 0.108. The van der Waals surface area contributed by atoms with E-state index in [1.807, 2.05) is 12.3 Å². The zero-order valence-corrected chi connectivity index (χ0v) is 8.36. The Kier molecular flexibility index (Phi) is 2.31. The SMILES string of the molecule is Cc1csc(CC(=O)NC2CC2)n1. The van der Waals surface area contributed by atoms with Crippen LogP contribution in [-0.2, 0) is 11.2 Å². The summed E-state index contributed by atoms with van der Waals surface area (Å²) in [5, 5.41) is 5.82. The molecule has 0 radical (unpaired) electrons. The van der Waals surface area contributed by atoms with E-state index in [-0.39, 0.29) is 5.91 Å². The maximum absolute atomic E-state index is 11.3. The molecular formula is C9H12N2OS. The number of thiazole rings is 1. The van der Waals surface area contributed by atoms with Crippen LogP contribution in [-0.4, -0.2) is 16.9 Å². The molecule has 1 aromatic rings. The zero-order chi connectivity index (χ0) is 9.26. The molecule has 1 N–H and O–H groups in total. The van der Waals surface area contributed by atoms with E-state index in [9.17, 15) is 4.79 Å². The number of carbonyl (C=O) groups excluding carboxylic acids is 1. The molecule has 2 rings (SSSR count). The number of hydrogen-bond acceptors (Lipinski definition) is 3. The molecule has 0 atom stereocenters. The van der Waals surface area contributed by atoms with E-state index in [1.165, 1.54) is 0 Å². The lowest BCUT2D eigenvalue weighted by atomic mass is 10.4. The number of carbonyl (C=O) groups is 1. The first-order chi connectivity index (χ1) is 6.24. The summed E-state index contributed by atoms with van der Waals surface area (Å²) >= 11 is 1.55. The topological polar surface area (TPSA) is 42.0 Å². The number of aromatic nitrogens is 1. The van der Waals surface area contributed by atoms with E-state index in [4.69, 9.17) is 0 Å². The average Bonchev–Trinajstić information content (AvgIpc) is 2.76. The van der Waals surface area contributed by atoms with E-state index >= 15 is 0 Å². The summed E-state index contributed by atoms with van der Waals surface area (Å²) in [6.07, 6.45) is 2.72. The molecule has 0 unspecified atom stereocenters. The van der Waals surface area contributed by atoms with Crippen LogP contribution < -0.4 is 5.32 Å². The van der Waals surface area contributed by atoms with Crippen LogP contribution in [0.3, 0.4) is 0 Å². The Balaban J connectivity index is 1.85. The average molecular weight is 196 g/mol. The van der Waals surface area contributed by atoms with Crippen LogP contribution in [0.2, 0.25) is 0 Å². The largest absolute Gasteiger partial charge is 0.353 e. The van der Waals surface area contributed by atoms with Crippen molar-refractivity contribution in [2.45, 2.75) is 32.2 Å². The molecule has 0 aliphatic heterocycles. The number of nitrogens with one attached hydrogen (secondary N) is 1. The van der Waals surface area contributed by atoms with Crippen molar-refractivity contribution in [2.75, 3.05) is 0 Å². The quantitative estimate of drug-likeness (QED) is 0.791. The first-order valence-electron chi connectivity index (χ1n) is 4.44. The molecule has 1 saturated carbocycles. The van der Waals surface area contributed by atoms with Gasteiger partial charge in [-0.3, -0.25) is 4.79 Å². The van der Waals surface area contributed by atoms with Crippen LogP contribution >= 0.6 is 11.3 Å². The Morgan fingerprint density at radius 1 is 1.77 bits per heavy atom. The number of nitrogens with zero attached hydrogens (tertiary/aromatic N) is 1. The van der Waals surface area contributed by atoms with Gasteiger partial charge in [0, 0.05) is 17.1 Å². The first kappa shape index (κ1) is 8.69. The van der Waals surface area contributed by atoms with Gasteiger partial charge in [-0.25, -0.2) is 4.98 Å². The van der Waals surface area contributed by atoms with Gasteiger partial charge in [0.05, 0.1) is 6.42 Å². The predicted molar refractivity (Wildman–Crippen MR) is 51.7 cm³/mol. The Labute approximate surface area is 81.2 Å². The summed E-state index contributed by atoms with van der Waals surface area (Å²) in [7, 11) is 0. The summed E-state index contributed by atoms with van der Waals surface area (Å²) < 4.78 is 0. The van der Waals surface area contributed by atoms with E-state index in [2.05, 4.69) is 10.3 Å². The Morgan fingerprint density at radius 2 is 2.54 bits per heavy atom. The van der Waals surface area contributed by atoms with Crippen molar-refractivity contribution in [1.29, 1.82) is 0 Å². The molecule has 0 spiro atoms. The number of aryl methyl sites for hydroxylation is 1. The molecular weight excluding hydrogens is 184 g/mol. The first-order valence-corrected chi connectivity index (χ1v) is 5.32. The second kappa shape index (κ2) is 3.46. The van der Waals surface area contributed by atoms with Crippen molar-refractivity contribution >= 4 is 17.2 Å². The van der Waals surface area contributed by atoms with E-state index in [0.29, 0.717) is 12.5 Å². The lowest BCUT2D eigenvalue weighted by molar-refractivity contribution is -0.120. The third-order valence-corrected chi connectivity index (χ3v) is 2.89. The fourth-order valence-electron chi connectivity index (χ4n) is 1.13. The van der Waals surface area contributed by atoms with Crippen molar-refractivity contribution in [3.63, 3.8) is 0 Å². The van der Waals surface area contributed by atoms with Crippen molar-refractivity contribution in [2.24, 2.45) is 0 Å². The molecule has 1 aliphatic carbocycles. The molecule has 1 amide bonds. The Bertz CT molecular complexity index is 317. The van der Waals surface area contributed by atoms with Crippen molar-refractivity contribution in [1.82, 2.24) is 10.3 Å². The Hall–Kier alpha value is -0.900. The predicted octanol–water partition coefficient (Wildman–Crippen LogP) is 1.27. The molecule has 1 aromatic heterocycles. The van der Waals surface area contributed by atoms with Crippen LogP contribution in [0.15, 0.2) is 5.38 Å². The second-order valence-corrected chi connectivity index (χ2v) is 4.34. The molecule has 0 bridgehead atoms. The fourth-order valence-corrected chi connectivity index (χ4v) is 1.90. The van der Waals surface area contributed by atoms with Crippen LogP contribution in [0.25, 0.3) is 0 Å². The third kappa shape index (κ3) is 2.52. The fraction of sp³-hybridized carbons (Fsp3) is 0.556. The van der Waals surface area contributed by atoms with Crippen LogP contribution in [0.4, 0.5) is 0 Å². The monoisotopic (exact) mass is 196 g/mol. The van der Waals surface area contributed by atoms with Gasteiger partial charge in [0.15, 0.2) is 0 Å². The van der Waals surface area contributed by atoms with Crippen LogP contribution in [0, 0.1) is 6.92 Å². The summed E-state index contributed by atoms with van der Waals surface area (Å²) in [4.78, 5) is 15.6. The maximum atomic E-state index is 11.3. The normalized spacial score (nSPS) is 15.8. The highest BCUT2D eigenvalue weighted by Crippen LogP contribution is 2.19. The number of rotatable bonds is 3. The summed E-state index contributed by atoms with van der Waals surface area (Å²) in [5.74, 6) is 0.108. The molecule has 1 aliphatic rings. The minimum absolute atomic E-state index is 0.108. The molecule has 70 valence electrons. The van der Waals surface area contributed by atoms with Crippen LogP contribution in [0.5, 0.6) is 0 Å². The third-order valence-electron chi connectivity index (χ3n) is 1.92. The standard InChI is InChI=1S/C9H12N2OS/c1-6-5-13-9(10-6)4-8(12)11-7-2-3-7/h5,7H,2-4H2,1H3,(H,11,12). The van der Waals surface area contributed by atoms with Crippen LogP contribution in [0.1, 0.15) is 23.5 Å². The highest BCUT2D eigenvalue weighted by molar-refractivity contribution is 7.09. The number of amides is 1. The number of hydrogen-bond donors (Lipinski definition) is 1. The summed E-state index contributed by atoms with van der Waals surface area (Å²) in [6, 6.07) is 0.452. The minimum Gasteiger partial charge on any atom is -0.353 e. The molecule has 0 aromatic carbocycles. The van der Waals surface area contributed by atoms with Gasteiger partial charge >= 0.3 is 0 Å². The van der Waals surface area contributed by atoms with Gasteiger partial charge in [-0.2, -0.15) is 0 Å². The van der Waals surface area contributed by atoms with Gasteiger partial charge < -0.3 is 5.32 Å². The lowest BCUT2D eigenvalue weighted by Crippen LogP contribution is -2.26. The molecule has 0 saturated heterocycles. The molecule has 13 heavy (non-hydrogen) atoms. The molecule has 4 heteroatoms. The van der Waals surface area contributed by atoms with Gasteiger partial charge in [0.1, 0.15) is 5.01 Å². The van der Waals surface area contributed by atoms with Gasteiger partial charge in [-0.05, 0) is 19.8 Å². The maximum Gasteiger partial charge on any atom is 0.227 e. The van der Waals surface area contributed by atoms with Gasteiger partial charge in [0.25, 0.3) is 0 Å². The van der Waals surface area contributed by atoms with Crippen molar-refractivity contribution in [3.05, 3.63) is 16.1 Å². The summed E-state index contributed by atoms with van der Waals surface area (Å²) in [6.45, 7) is 1.94. The van der Waals surface area contributed by atoms with E-state index in [1.54, 1.807) is 11.3 Å². The van der Waals surface area contributed by atoms with E-state index < -0.39 is 0 Å². The van der Waals surface area contributed by atoms with Gasteiger partial charge in [0.2, 0.25) is 5.91 Å². The molecule has 3 nitrogen and oxygen atoms in total. The lowest BCUT2D eigenvalue weighted by Gasteiger charge is -1.99. The van der Waals surface area contributed by atoms with E-state index in [0.717, 1.165) is 23.5 Å². The zero-order valence-electron chi connectivity index (χ0n) is 7.54. The van der Waals surface area contributed by atoms with Gasteiger partial charge in [-0.1, -0.05) is 0 Å². The van der Waals surface area contributed by atoms with Gasteiger partial charge in [-0.15, -0.1) is 11.3 Å². The van der Waals surface area contributed by atoms with Crippen molar-refractivity contribution < 1.29 is 4.79 Å². The second-order valence-electron chi connectivity index (χ2n) is 3.40. The molecule has 1 heterocycles. The Morgan fingerprint density at radius 3 is 3.08 bits per heavy atom. The summed E-state index contributed by atoms with van der Waals surface area (Å²) in [5.41, 5.74) is 0.999. The van der Waals surface area contributed by atoms with Crippen molar-refractivity contribution in [3.8, 4) is 0 Å². The highest BCUT2D eigenvalue weighted by Gasteiger charge is 2.23.